The average molecular weight is 844 g/mol. The monoisotopic (exact) mass is 843 g/mol. The molecule has 310 valence electrons. The SMILES string of the molecule is CC1(C)C(=O)N(c2ccc(C#N)c(C(F)(F)F)c2F)C(=S)N1c1ccc(-c2ccc(OCCCCCNc3cccc4c3C(=O)N(C3CCC(O)NC3=O)C4=O)cc2)nc1. The number of carbonyl (C=O) groups excluding carboxylic acids is 4. The Hall–Kier alpha value is -6.45. The molecule has 3 aromatic carbocycles. The number of amides is 4. The number of nitriles is 1. The van der Waals surface area contributed by atoms with Crippen LogP contribution in [0.1, 0.15) is 77.8 Å². The summed E-state index contributed by atoms with van der Waals surface area (Å²) in [6.45, 7) is 3.98. The molecule has 3 aliphatic rings. The van der Waals surface area contributed by atoms with E-state index in [0.29, 0.717) is 40.9 Å². The van der Waals surface area contributed by atoms with Crippen LogP contribution >= 0.6 is 12.2 Å². The topological polar surface area (TPSA) is 168 Å². The average Bonchev–Trinajstić information content (AvgIpc) is 3.56. The van der Waals surface area contributed by atoms with Gasteiger partial charge in [0.2, 0.25) is 5.91 Å². The van der Waals surface area contributed by atoms with Crippen LogP contribution in [0.5, 0.6) is 5.75 Å². The molecular weight excluding hydrogens is 807 g/mol. The van der Waals surface area contributed by atoms with E-state index < -0.39 is 70.2 Å². The van der Waals surface area contributed by atoms with Crippen molar-refractivity contribution in [3.05, 3.63) is 101 Å². The van der Waals surface area contributed by atoms with E-state index in [9.17, 15) is 37.5 Å². The number of fused-ring (bicyclic) bond motifs is 1. The van der Waals surface area contributed by atoms with Gasteiger partial charge in [-0.1, -0.05) is 6.07 Å². The zero-order valence-corrected chi connectivity index (χ0v) is 33.0. The highest BCUT2D eigenvalue weighted by molar-refractivity contribution is 7.81. The number of halogens is 4. The summed E-state index contributed by atoms with van der Waals surface area (Å²) in [4.78, 5) is 60.0. The summed E-state index contributed by atoms with van der Waals surface area (Å²) >= 11 is 5.52. The van der Waals surface area contributed by atoms with Gasteiger partial charge in [-0.25, -0.2) is 4.39 Å². The van der Waals surface area contributed by atoms with Gasteiger partial charge in [0.05, 0.1) is 52.6 Å². The van der Waals surface area contributed by atoms with Gasteiger partial charge in [-0.3, -0.25) is 34.0 Å². The Bertz CT molecular complexity index is 2440. The van der Waals surface area contributed by atoms with E-state index in [1.807, 2.05) is 12.1 Å². The molecule has 7 rings (SSSR count). The van der Waals surface area contributed by atoms with Crippen LogP contribution in [0.3, 0.4) is 0 Å². The van der Waals surface area contributed by atoms with Gasteiger partial charge < -0.3 is 25.4 Å². The van der Waals surface area contributed by atoms with E-state index in [1.54, 1.807) is 42.5 Å². The summed E-state index contributed by atoms with van der Waals surface area (Å²) in [7, 11) is 0. The lowest BCUT2D eigenvalue weighted by Gasteiger charge is -2.31. The highest BCUT2D eigenvalue weighted by Gasteiger charge is 2.52. The van der Waals surface area contributed by atoms with Crippen molar-refractivity contribution in [1.29, 1.82) is 5.26 Å². The maximum Gasteiger partial charge on any atom is 0.420 e. The van der Waals surface area contributed by atoms with Gasteiger partial charge in [0.25, 0.3) is 17.7 Å². The Labute approximate surface area is 346 Å². The predicted octanol–water partition coefficient (Wildman–Crippen LogP) is 6.55. The van der Waals surface area contributed by atoms with Gasteiger partial charge in [0, 0.05) is 17.8 Å². The van der Waals surface area contributed by atoms with E-state index >= 15 is 4.39 Å². The standard InChI is InChI=1S/C42H37F4N7O6S/c1-41(2)39(58)52(30-16-11-24(21-47)34(35(30)43)42(44,45)46)40(60)53(41)25-12-15-28(49-22-25)23-9-13-26(14-10-23)59-20-5-3-4-19-48-29-8-6-7-27-33(29)38(57)51(37(27)56)31-17-18-32(54)50-36(31)55/h6-16,22,31-32,48,54H,3-5,17-20H2,1-2H3,(H,50,55). The van der Waals surface area contributed by atoms with Gasteiger partial charge >= 0.3 is 6.18 Å². The first-order valence-electron chi connectivity index (χ1n) is 19.0. The Morgan fingerprint density at radius 2 is 1.75 bits per heavy atom. The number of thiocarbonyl (C=S) groups is 1. The number of hydrogen-bond acceptors (Lipinski definition) is 10. The van der Waals surface area contributed by atoms with Crippen molar-refractivity contribution in [2.24, 2.45) is 0 Å². The van der Waals surface area contributed by atoms with Crippen LogP contribution in [0.25, 0.3) is 11.3 Å². The molecule has 4 heterocycles. The number of imide groups is 1. The first-order valence-corrected chi connectivity index (χ1v) is 19.4. The molecule has 4 amide bonds. The van der Waals surface area contributed by atoms with Crippen LogP contribution in [0.4, 0.5) is 34.6 Å². The number of aromatic nitrogens is 1. The minimum absolute atomic E-state index is 0.178. The molecule has 2 fully saturated rings. The van der Waals surface area contributed by atoms with E-state index in [1.165, 1.54) is 31.0 Å². The van der Waals surface area contributed by atoms with Gasteiger partial charge in [-0.15, -0.1) is 0 Å². The Morgan fingerprint density at radius 1 is 1.00 bits per heavy atom. The number of hydrogen-bond donors (Lipinski definition) is 3. The normalized spacial score (nSPS) is 18.8. The molecule has 2 saturated heterocycles. The van der Waals surface area contributed by atoms with Crippen molar-refractivity contribution >= 4 is 58.0 Å². The van der Waals surface area contributed by atoms with Gasteiger partial charge in [0.1, 0.15) is 29.1 Å². The molecule has 3 aliphatic heterocycles. The number of ether oxygens (including phenoxy) is 1. The number of benzene rings is 3. The number of nitrogens with one attached hydrogen (secondary N) is 2. The predicted molar refractivity (Wildman–Crippen MR) is 214 cm³/mol. The number of piperidine rings is 1. The lowest BCUT2D eigenvalue weighted by molar-refractivity contribution is -0.140. The van der Waals surface area contributed by atoms with Crippen molar-refractivity contribution in [1.82, 2.24) is 15.2 Å². The number of unbranched alkanes of at least 4 members (excludes halogenated alkanes) is 2. The molecule has 2 unspecified atom stereocenters. The second kappa shape index (κ2) is 16.3. The van der Waals surface area contributed by atoms with E-state index in [2.05, 4.69) is 15.6 Å². The highest BCUT2D eigenvalue weighted by atomic mass is 32.1. The van der Waals surface area contributed by atoms with E-state index in [4.69, 9.17) is 22.2 Å². The molecule has 1 aromatic heterocycles. The fraction of sp³-hybridized carbons (Fsp3) is 0.310. The van der Waals surface area contributed by atoms with E-state index in [0.717, 1.165) is 41.9 Å². The van der Waals surface area contributed by atoms with Gasteiger partial charge in [-0.2, -0.15) is 18.4 Å². The molecule has 60 heavy (non-hydrogen) atoms. The van der Waals surface area contributed by atoms with Crippen LogP contribution in [0.2, 0.25) is 0 Å². The molecule has 3 N–H and O–H groups in total. The van der Waals surface area contributed by atoms with Crippen molar-refractivity contribution in [2.45, 2.75) is 69.9 Å². The van der Waals surface area contributed by atoms with Crippen molar-refractivity contribution in [2.75, 3.05) is 28.3 Å². The van der Waals surface area contributed by atoms with Crippen molar-refractivity contribution in [3.8, 4) is 23.1 Å². The number of aliphatic hydroxyl groups is 1. The van der Waals surface area contributed by atoms with Crippen LogP contribution in [-0.4, -0.2) is 74.7 Å². The molecule has 4 aromatic rings. The first kappa shape index (κ1) is 41.7. The second-order valence-electron chi connectivity index (χ2n) is 14.8. The fourth-order valence-corrected chi connectivity index (χ4v) is 8.05. The summed E-state index contributed by atoms with van der Waals surface area (Å²) in [5, 5.41) is 24.2. The van der Waals surface area contributed by atoms with Crippen LogP contribution in [0.15, 0.2) is 72.9 Å². The molecule has 13 nitrogen and oxygen atoms in total. The number of carbonyl (C=O) groups is 4. The maximum absolute atomic E-state index is 15.4. The quantitative estimate of drug-likeness (QED) is 0.0613. The molecular formula is C42H37F4N7O6S. The molecule has 0 spiro atoms. The molecule has 0 aliphatic carbocycles. The zero-order valence-electron chi connectivity index (χ0n) is 32.2. The molecule has 0 bridgehead atoms. The third kappa shape index (κ3) is 7.61. The second-order valence-corrected chi connectivity index (χ2v) is 15.2. The largest absolute Gasteiger partial charge is 0.494 e. The van der Waals surface area contributed by atoms with Gasteiger partial charge in [0.15, 0.2) is 10.9 Å². The minimum Gasteiger partial charge on any atom is -0.494 e. The number of alkyl halides is 3. The number of anilines is 3. The van der Waals surface area contributed by atoms with Crippen LogP contribution < -0.4 is 25.2 Å². The summed E-state index contributed by atoms with van der Waals surface area (Å²) in [5.74, 6) is -3.56. The van der Waals surface area contributed by atoms with E-state index in [-0.39, 0.29) is 29.1 Å². The summed E-state index contributed by atoms with van der Waals surface area (Å²) < 4.78 is 62.5. The number of aliphatic hydroxyl groups excluding tert-OH is 1. The molecule has 18 heteroatoms. The third-order valence-electron chi connectivity index (χ3n) is 10.6. The van der Waals surface area contributed by atoms with Crippen LogP contribution in [0, 0.1) is 17.1 Å². The Balaban J connectivity index is 0.906. The van der Waals surface area contributed by atoms with Crippen LogP contribution in [-0.2, 0) is 15.8 Å². The van der Waals surface area contributed by atoms with Crippen molar-refractivity contribution in [3.63, 3.8) is 0 Å². The maximum atomic E-state index is 15.4. The smallest absolute Gasteiger partial charge is 0.420 e. The molecule has 2 atom stereocenters. The lowest BCUT2D eigenvalue weighted by Crippen LogP contribution is -2.55. The minimum atomic E-state index is -5.19. The number of rotatable bonds is 12. The highest BCUT2D eigenvalue weighted by Crippen LogP contribution is 2.42. The fourth-order valence-electron chi connectivity index (χ4n) is 7.54. The Kier molecular flexibility index (Phi) is 11.3. The van der Waals surface area contributed by atoms with Crippen molar-refractivity contribution < 1.29 is 46.6 Å². The first-order chi connectivity index (χ1) is 28.5. The Morgan fingerprint density at radius 3 is 2.42 bits per heavy atom. The molecule has 0 saturated carbocycles. The number of pyridine rings is 1. The lowest BCUT2D eigenvalue weighted by atomic mass is 10.0. The zero-order chi connectivity index (χ0) is 43.1. The summed E-state index contributed by atoms with van der Waals surface area (Å²) in [5.41, 5.74) is -2.21. The third-order valence-corrected chi connectivity index (χ3v) is 10.9. The molecule has 0 radical (unpaired) electrons. The summed E-state index contributed by atoms with van der Waals surface area (Å²) in [6, 6.07) is 17.6. The van der Waals surface area contributed by atoms with Gasteiger partial charge in [-0.05, 0) is 119 Å². The number of nitrogens with zero attached hydrogens (tertiary/aromatic N) is 5. The summed E-state index contributed by atoms with van der Waals surface area (Å²) in [6.07, 6.45) is -2.03.